The molecule has 0 radical (unpaired) electrons. The molecule has 2 aromatic rings. The van der Waals surface area contributed by atoms with Crippen LogP contribution in [0.4, 0.5) is 0 Å². The zero-order chi connectivity index (χ0) is 20.6. The lowest BCUT2D eigenvalue weighted by Gasteiger charge is -2.29. The lowest BCUT2D eigenvalue weighted by atomic mass is 9.84. The number of aromatic nitrogens is 2. The molecule has 2 heteroatoms. The van der Waals surface area contributed by atoms with Crippen LogP contribution in [-0.4, -0.2) is 9.55 Å². The Hall–Kier alpha value is -1.57. The molecule has 162 valence electrons. The van der Waals surface area contributed by atoms with Crippen molar-refractivity contribution in [1.82, 2.24) is 9.55 Å². The van der Waals surface area contributed by atoms with Crippen molar-refractivity contribution in [3.63, 3.8) is 0 Å². The van der Waals surface area contributed by atoms with Gasteiger partial charge in [0.05, 0.1) is 6.33 Å². The Labute approximate surface area is 180 Å². The van der Waals surface area contributed by atoms with Crippen LogP contribution in [0.2, 0.25) is 0 Å². The van der Waals surface area contributed by atoms with Gasteiger partial charge in [-0.1, -0.05) is 115 Å². The monoisotopic (exact) mass is 396 g/mol. The first-order valence-corrected chi connectivity index (χ1v) is 12.4. The number of unbranched alkanes of at least 4 members (excludes halogenated alkanes) is 9. The lowest BCUT2D eigenvalue weighted by Crippen LogP contribution is -2.21. The highest BCUT2D eigenvalue weighted by Crippen LogP contribution is 2.32. The first-order chi connectivity index (χ1) is 14.3. The molecule has 0 saturated heterocycles. The van der Waals surface area contributed by atoms with Crippen LogP contribution in [-0.2, 0) is 6.42 Å². The van der Waals surface area contributed by atoms with Crippen molar-refractivity contribution in [3.8, 4) is 0 Å². The summed E-state index contributed by atoms with van der Waals surface area (Å²) in [5, 5.41) is 0. The van der Waals surface area contributed by atoms with E-state index in [0.717, 1.165) is 0 Å². The molecule has 0 amide bonds. The van der Waals surface area contributed by atoms with E-state index in [2.05, 4.69) is 59.9 Å². The van der Waals surface area contributed by atoms with Gasteiger partial charge in [-0.05, 0) is 30.7 Å². The van der Waals surface area contributed by atoms with Gasteiger partial charge >= 0.3 is 0 Å². The van der Waals surface area contributed by atoms with Gasteiger partial charge in [0.1, 0.15) is 0 Å². The first kappa shape index (κ1) is 23.7. The summed E-state index contributed by atoms with van der Waals surface area (Å²) in [6.07, 6.45) is 25.1. The molecule has 0 N–H and O–H groups in total. The Bertz CT molecular complexity index is 590. The average Bonchev–Trinajstić information content (AvgIpc) is 3.27. The molecule has 1 heterocycles. The van der Waals surface area contributed by atoms with Crippen molar-refractivity contribution in [2.45, 2.75) is 110 Å². The van der Waals surface area contributed by atoms with E-state index in [0.29, 0.717) is 12.0 Å². The second-order valence-corrected chi connectivity index (χ2v) is 8.79. The molecule has 0 aliphatic rings. The number of rotatable bonds is 17. The van der Waals surface area contributed by atoms with Gasteiger partial charge in [0.25, 0.3) is 0 Å². The van der Waals surface area contributed by atoms with Crippen molar-refractivity contribution in [1.29, 1.82) is 0 Å². The fourth-order valence-corrected chi connectivity index (χ4v) is 4.59. The molecule has 29 heavy (non-hydrogen) atoms. The van der Waals surface area contributed by atoms with Gasteiger partial charge in [-0.2, -0.15) is 0 Å². The third-order valence-corrected chi connectivity index (χ3v) is 6.32. The summed E-state index contributed by atoms with van der Waals surface area (Å²) < 4.78 is 2.40. The van der Waals surface area contributed by atoms with E-state index >= 15 is 0 Å². The normalized spacial score (nSPS) is 13.4. The van der Waals surface area contributed by atoms with E-state index in [4.69, 9.17) is 0 Å². The zero-order valence-corrected chi connectivity index (χ0v) is 19.1. The van der Waals surface area contributed by atoms with Crippen LogP contribution < -0.4 is 0 Å². The third-order valence-electron chi connectivity index (χ3n) is 6.32. The van der Waals surface area contributed by atoms with E-state index in [1.54, 1.807) is 0 Å². The largest absolute Gasteiger partial charge is 0.334 e. The molecule has 2 atom stereocenters. The minimum atomic E-state index is 0.578. The molecule has 0 aliphatic carbocycles. The van der Waals surface area contributed by atoms with Crippen LogP contribution in [0, 0.1) is 5.92 Å². The zero-order valence-electron chi connectivity index (χ0n) is 19.1. The topological polar surface area (TPSA) is 17.8 Å². The van der Waals surface area contributed by atoms with Crippen molar-refractivity contribution in [3.05, 3.63) is 54.6 Å². The fourth-order valence-electron chi connectivity index (χ4n) is 4.59. The van der Waals surface area contributed by atoms with Crippen LogP contribution in [0.3, 0.4) is 0 Å². The molecule has 1 aromatic carbocycles. The summed E-state index contributed by atoms with van der Waals surface area (Å²) >= 11 is 0. The van der Waals surface area contributed by atoms with Crippen LogP contribution in [0.25, 0.3) is 0 Å². The molecular weight excluding hydrogens is 352 g/mol. The number of benzene rings is 1. The Morgan fingerprint density at radius 3 is 2.03 bits per heavy atom. The van der Waals surface area contributed by atoms with Crippen LogP contribution in [0.5, 0.6) is 0 Å². The Balaban J connectivity index is 1.92. The van der Waals surface area contributed by atoms with Crippen molar-refractivity contribution in [2.24, 2.45) is 5.92 Å². The molecule has 2 unspecified atom stereocenters. The summed E-state index contributed by atoms with van der Waals surface area (Å²) in [5.74, 6) is 0.697. The van der Waals surface area contributed by atoms with E-state index in [1.807, 2.05) is 12.5 Å². The van der Waals surface area contributed by atoms with Gasteiger partial charge in [0, 0.05) is 18.4 Å². The average molecular weight is 397 g/mol. The van der Waals surface area contributed by atoms with Crippen LogP contribution >= 0.6 is 0 Å². The summed E-state index contributed by atoms with van der Waals surface area (Å²) in [6.45, 7) is 4.60. The predicted octanol–water partition coefficient (Wildman–Crippen LogP) is 8.39. The minimum absolute atomic E-state index is 0.578. The maximum Gasteiger partial charge on any atom is 0.0948 e. The third kappa shape index (κ3) is 9.65. The van der Waals surface area contributed by atoms with E-state index in [9.17, 15) is 0 Å². The summed E-state index contributed by atoms with van der Waals surface area (Å²) in [5.41, 5.74) is 1.48. The molecule has 2 rings (SSSR count). The molecule has 0 saturated carbocycles. The molecule has 0 fully saturated rings. The van der Waals surface area contributed by atoms with Gasteiger partial charge < -0.3 is 4.57 Å². The summed E-state index contributed by atoms with van der Waals surface area (Å²) in [4.78, 5) is 4.38. The summed E-state index contributed by atoms with van der Waals surface area (Å²) in [7, 11) is 0. The van der Waals surface area contributed by atoms with Gasteiger partial charge in [-0.3, -0.25) is 0 Å². The van der Waals surface area contributed by atoms with Crippen LogP contribution in [0.1, 0.15) is 109 Å². The van der Waals surface area contributed by atoms with Crippen LogP contribution in [0.15, 0.2) is 49.1 Å². The first-order valence-electron chi connectivity index (χ1n) is 12.4. The highest BCUT2D eigenvalue weighted by atomic mass is 15.1. The van der Waals surface area contributed by atoms with Gasteiger partial charge in [-0.15, -0.1) is 0 Å². The molecule has 0 aliphatic heterocycles. The molecule has 0 bridgehead atoms. The van der Waals surface area contributed by atoms with E-state index in [-0.39, 0.29) is 0 Å². The second kappa shape index (κ2) is 15.3. The quantitative estimate of drug-likeness (QED) is 0.245. The Morgan fingerprint density at radius 2 is 1.38 bits per heavy atom. The second-order valence-electron chi connectivity index (χ2n) is 8.79. The maximum atomic E-state index is 4.38. The molecular formula is C27H44N2. The molecule has 2 nitrogen and oxygen atoms in total. The molecule has 0 spiro atoms. The predicted molar refractivity (Wildman–Crippen MR) is 126 cm³/mol. The molecule has 1 aromatic heterocycles. The van der Waals surface area contributed by atoms with Gasteiger partial charge in [0.2, 0.25) is 0 Å². The Kier molecular flexibility index (Phi) is 12.5. The van der Waals surface area contributed by atoms with Gasteiger partial charge in [-0.25, -0.2) is 4.98 Å². The van der Waals surface area contributed by atoms with E-state index in [1.165, 1.54) is 95.5 Å². The maximum absolute atomic E-state index is 4.38. The number of hydrogen-bond donors (Lipinski definition) is 0. The highest BCUT2D eigenvalue weighted by Gasteiger charge is 2.22. The highest BCUT2D eigenvalue weighted by molar-refractivity contribution is 5.15. The Morgan fingerprint density at radius 1 is 0.759 bits per heavy atom. The van der Waals surface area contributed by atoms with E-state index < -0.39 is 0 Å². The smallest absolute Gasteiger partial charge is 0.0948 e. The number of hydrogen-bond acceptors (Lipinski definition) is 1. The number of imidazole rings is 1. The lowest BCUT2D eigenvalue weighted by molar-refractivity contribution is 0.276. The number of nitrogens with zero attached hydrogens (tertiary/aromatic N) is 2. The van der Waals surface area contributed by atoms with Crippen molar-refractivity contribution in [2.75, 3.05) is 0 Å². The standard InChI is InChI=1S/C27H44N2/c1-3-5-7-8-9-10-11-16-20-27(29-22-21-28-24-29)26(19-13-6-4-2)23-25-17-14-12-15-18-25/h12,14-15,17-18,21-22,24,26-27H,3-11,13,16,19-20,23H2,1-2H3. The summed E-state index contributed by atoms with van der Waals surface area (Å²) in [6, 6.07) is 11.7. The fraction of sp³-hybridized carbons (Fsp3) is 0.667. The van der Waals surface area contributed by atoms with Crippen molar-refractivity contribution < 1.29 is 0 Å². The van der Waals surface area contributed by atoms with Gasteiger partial charge in [0.15, 0.2) is 0 Å². The minimum Gasteiger partial charge on any atom is -0.334 e. The van der Waals surface area contributed by atoms with Crippen molar-refractivity contribution >= 4 is 0 Å². The SMILES string of the molecule is CCCCCCCCCCC(C(CCCCC)Cc1ccccc1)n1ccnc1.